The molecular weight excluding hydrogens is 217 g/mol. The first-order chi connectivity index (χ1) is 7.67. The van der Waals surface area contributed by atoms with Crippen molar-refractivity contribution in [2.24, 2.45) is 5.18 Å². The van der Waals surface area contributed by atoms with Crippen LogP contribution in [-0.2, 0) is 9.53 Å². The van der Waals surface area contributed by atoms with Gasteiger partial charge in [-0.2, -0.15) is 0 Å². The van der Waals surface area contributed by atoms with E-state index < -0.39 is 11.8 Å². The Morgan fingerprint density at radius 2 is 2.25 bits per heavy atom. The Morgan fingerprint density at radius 3 is 2.81 bits per heavy atom. The second-order valence-electron chi connectivity index (χ2n) is 2.80. The molecule has 0 bridgehead atoms. The van der Waals surface area contributed by atoms with E-state index in [0.717, 1.165) is 6.07 Å². The van der Waals surface area contributed by atoms with Gasteiger partial charge in [-0.1, -0.05) is 0 Å². The Bertz CT molecular complexity index is 394. The molecule has 5 nitrogen and oxygen atoms in total. The van der Waals surface area contributed by atoms with Gasteiger partial charge < -0.3 is 9.47 Å². The Hall–Kier alpha value is -1.98. The van der Waals surface area contributed by atoms with Gasteiger partial charge in [0.2, 0.25) is 0 Å². The molecule has 0 fully saturated rings. The summed E-state index contributed by atoms with van der Waals surface area (Å²) < 4.78 is 22.6. The summed E-state index contributed by atoms with van der Waals surface area (Å²) in [6.45, 7) is 1.62. The molecule has 0 aromatic heterocycles. The number of esters is 1. The van der Waals surface area contributed by atoms with Gasteiger partial charge >= 0.3 is 5.97 Å². The number of carbonyl (C=O) groups excluding carboxylic acids is 1. The molecule has 1 rings (SSSR count). The maximum absolute atomic E-state index is 13.0. The maximum atomic E-state index is 13.0. The zero-order valence-corrected chi connectivity index (χ0v) is 8.60. The molecule has 0 amide bonds. The number of halogens is 1. The summed E-state index contributed by atoms with van der Waals surface area (Å²) in [6.07, 6.45) is 0. The lowest BCUT2D eigenvalue weighted by Gasteiger charge is -2.05. The quantitative estimate of drug-likeness (QED) is 0.571. The molecule has 0 spiro atoms. The summed E-state index contributed by atoms with van der Waals surface area (Å²) in [5, 5.41) is 2.46. The van der Waals surface area contributed by atoms with Crippen LogP contribution in [0.3, 0.4) is 0 Å². The molecule has 0 aliphatic rings. The SMILES string of the molecule is CCOC(=O)COc1ccc(N=O)c(F)c1. The van der Waals surface area contributed by atoms with Crippen molar-refractivity contribution < 1.29 is 18.7 Å². The number of ether oxygens (including phenoxy) is 2. The van der Waals surface area contributed by atoms with Crippen molar-refractivity contribution in [2.45, 2.75) is 6.92 Å². The molecule has 0 heterocycles. The summed E-state index contributed by atoms with van der Waals surface area (Å²) in [4.78, 5) is 21.0. The molecular formula is C10H10FNO4. The molecule has 0 aliphatic carbocycles. The summed E-state index contributed by atoms with van der Waals surface area (Å²) in [5.74, 6) is -1.20. The molecule has 6 heteroatoms. The monoisotopic (exact) mass is 227 g/mol. The van der Waals surface area contributed by atoms with Gasteiger partial charge in [-0.15, -0.1) is 4.91 Å². The van der Waals surface area contributed by atoms with Crippen LogP contribution in [0.15, 0.2) is 23.4 Å². The van der Waals surface area contributed by atoms with Crippen molar-refractivity contribution in [3.05, 3.63) is 28.9 Å². The van der Waals surface area contributed by atoms with Crippen molar-refractivity contribution in [1.82, 2.24) is 0 Å². The number of benzene rings is 1. The lowest BCUT2D eigenvalue weighted by Crippen LogP contribution is -2.14. The molecule has 1 aromatic carbocycles. The second kappa shape index (κ2) is 5.79. The van der Waals surface area contributed by atoms with Gasteiger partial charge in [0.25, 0.3) is 0 Å². The number of nitrogens with zero attached hydrogens (tertiary/aromatic N) is 1. The van der Waals surface area contributed by atoms with Crippen LogP contribution >= 0.6 is 0 Å². The third kappa shape index (κ3) is 3.30. The van der Waals surface area contributed by atoms with Crippen molar-refractivity contribution in [2.75, 3.05) is 13.2 Å². The summed E-state index contributed by atoms with van der Waals surface area (Å²) in [5.41, 5.74) is -0.302. The largest absolute Gasteiger partial charge is 0.482 e. The lowest BCUT2D eigenvalue weighted by molar-refractivity contribution is -0.145. The first-order valence-electron chi connectivity index (χ1n) is 4.58. The number of nitroso groups, excluding NO2 is 1. The normalized spacial score (nSPS) is 9.62. The van der Waals surface area contributed by atoms with E-state index in [-0.39, 0.29) is 24.7 Å². The van der Waals surface area contributed by atoms with Gasteiger partial charge in [0.15, 0.2) is 12.4 Å². The average molecular weight is 227 g/mol. The van der Waals surface area contributed by atoms with Crippen LogP contribution < -0.4 is 4.74 Å². The van der Waals surface area contributed by atoms with E-state index in [9.17, 15) is 14.1 Å². The minimum atomic E-state index is -0.795. The molecule has 0 atom stereocenters. The maximum Gasteiger partial charge on any atom is 0.344 e. The number of rotatable bonds is 5. The fraction of sp³-hybridized carbons (Fsp3) is 0.300. The van der Waals surface area contributed by atoms with Crippen LogP contribution in [0.5, 0.6) is 5.75 Å². The number of hydrogen-bond donors (Lipinski definition) is 0. The zero-order valence-electron chi connectivity index (χ0n) is 8.60. The predicted molar refractivity (Wildman–Crippen MR) is 54.0 cm³/mol. The van der Waals surface area contributed by atoms with Crippen LogP contribution in [-0.4, -0.2) is 19.2 Å². The van der Waals surface area contributed by atoms with Crippen LogP contribution in [0.2, 0.25) is 0 Å². The highest BCUT2D eigenvalue weighted by atomic mass is 19.1. The van der Waals surface area contributed by atoms with Crippen molar-refractivity contribution in [3.63, 3.8) is 0 Å². The fourth-order valence-corrected chi connectivity index (χ4v) is 0.996. The molecule has 16 heavy (non-hydrogen) atoms. The van der Waals surface area contributed by atoms with Gasteiger partial charge in [0.05, 0.1) is 6.61 Å². The average Bonchev–Trinajstić information content (AvgIpc) is 2.27. The summed E-state index contributed by atoms with van der Waals surface area (Å²) in [7, 11) is 0. The first-order valence-corrected chi connectivity index (χ1v) is 4.58. The molecule has 0 aliphatic heterocycles. The summed E-state index contributed by atoms with van der Waals surface area (Å²) >= 11 is 0. The number of hydrogen-bond acceptors (Lipinski definition) is 5. The molecule has 0 saturated heterocycles. The Balaban J connectivity index is 2.58. The van der Waals surface area contributed by atoms with Crippen molar-refractivity contribution >= 4 is 11.7 Å². The molecule has 86 valence electrons. The van der Waals surface area contributed by atoms with E-state index in [2.05, 4.69) is 9.91 Å². The Labute approximate surface area is 91.1 Å². The minimum Gasteiger partial charge on any atom is -0.482 e. The van der Waals surface area contributed by atoms with Crippen LogP contribution in [0.25, 0.3) is 0 Å². The van der Waals surface area contributed by atoms with Crippen LogP contribution in [0.4, 0.5) is 10.1 Å². The third-order valence-corrected chi connectivity index (χ3v) is 1.68. The summed E-state index contributed by atoms with van der Waals surface area (Å²) in [6, 6.07) is 3.50. The van der Waals surface area contributed by atoms with Gasteiger partial charge in [-0.25, -0.2) is 9.18 Å². The minimum absolute atomic E-state index is 0.137. The van der Waals surface area contributed by atoms with Gasteiger partial charge in [-0.05, 0) is 24.2 Å². The predicted octanol–water partition coefficient (Wildman–Crippen LogP) is 2.17. The molecule has 0 radical (unpaired) electrons. The highest BCUT2D eigenvalue weighted by Crippen LogP contribution is 2.22. The van der Waals surface area contributed by atoms with E-state index in [1.807, 2.05) is 0 Å². The third-order valence-electron chi connectivity index (χ3n) is 1.68. The van der Waals surface area contributed by atoms with Crippen LogP contribution in [0, 0.1) is 10.7 Å². The van der Waals surface area contributed by atoms with E-state index in [1.165, 1.54) is 12.1 Å². The molecule has 0 N–H and O–H groups in total. The van der Waals surface area contributed by atoms with Crippen LogP contribution in [0.1, 0.15) is 6.92 Å². The fourth-order valence-electron chi connectivity index (χ4n) is 0.996. The van der Waals surface area contributed by atoms with Gasteiger partial charge in [0, 0.05) is 6.07 Å². The Morgan fingerprint density at radius 1 is 1.50 bits per heavy atom. The second-order valence-corrected chi connectivity index (χ2v) is 2.80. The van der Waals surface area contributed by atoms with Crippen molar-refractivity contribution in [1.29, 1.82) is 0 Å². The highest BCUT2D eigenvalue weighted by molar-refractivity contribution is 5.71. The lowest BCUT2D eigenvalue weighted by atomic mass is 10.3. The van der Waals surface area contributed by atoms with E-state index in [0.29, 0.717) is 0 Å². The first kappa shape index (κ1) is 12.1. The number of carbonyl (C=O) groups is 1. The smallest absolute Gasteiger partial charge is 0.344 e. The van der Waals surface area contributed by atoms with Gasteiger partial charge in [-0.3, -0.25) is 0 Å². The molecule has 1 aromatic rings. The zero-order chi connectivity index (χ0) is 12.0. The molecule has 0 saturated carbocycles. The van der Waals surface area contributed by atoms with E-state index >= 15 is 0 Å². The topological polar surface area (TPSA) is 65.0 Å². The van der Waals surface area contributed by atoms with Crippen molar-refractivity contribution in [3.8, 4) is 5.75 Å². The molecule has 0 unspecified atom stereocenters. The van der Waals surface area contributed by atoms with E-state index in [4.69, 9.17) is 4.74 Å². The highest BCUT2D eigenvalue weighted by Gasteiger charge is 2.06. The standard InChI is InChI=1S/C10H10FNO4/c1-2-15-10(13)6-16-7-3-4-9(12-14)8(11)5-7/h3-5H,2,6H2,1H3. The van der Waals surface area contributed by atoms with E-state index in [1.54, 1.807) is 6.92 Å². The van der Waals surface area contributed by atoms with Gasteiger partial charge in [0.1, 0.15) is 11.4 Å². The Kier molecular flexibility index (Phi) is 4.38.